The number of nitrogens with one attached hydrogen (secondary N) is 1. The first kappa shape index (κ1) is 12.7. The average molecular weight is 222 g/mol. The third kappa shape index (κ3) is 4.00. The smallest absolute Gasteiger partial charge is 0.251 e. The Hall–Kier alpha value is -1.39. The molecule has 0 aliphatic carbocycles. The van der Waals surface area contributed by atoms with Crippen molar-refractivity contribution in [1.29, 1.82) is 0 Å². The number of benzene rings is 1. The lowest BCUT2D eigenvalue weighted by atomic mass is 10.1. The second-order valence-electron chi connectivity index (χ2n) is 3.57. The fourth-order valence-corrected chi connectivity index (χ4v) is 1.37. The quantitative estimate of drug-likeness (QED) is 0.606. The minimum atomic E-state index is -0.104. The Balaban J connectivity index is 2.49. The van der Waals surface area contributed by atoms with E-state index in [0.717, 1.165) is 12.0 Å². The molecule has 1 aromatic rings. The summed E-state index contributed by atoms with van der Waals surface area (Å²) in [5, 5.41) is 11.3. The van der Waals surface area contributed by atoms with Gasteiger partial charge in [-0.25, -0.2) is 0 Å². The minimum Gasteiger partial charge on any atom is -0.396 e. The molecule has 16 heavy (non-hydrogen) atoms. The molecule has 0 saturated carbocycles. The molecule has 0 saturated heterocycles. The maximum Gasteiger partial charge on any atom is 0.251 e. The maximum atomic E-state index is 11.6. The Bertz CT molecular complexity index is 322. The van der Waals surface area contributed by atoms with Crippen molar-refractivity contribution in [2.45, 2.75) is 12.8 Å². The first-order valence-electron chi connectivity index (χ1n) is 5.46. The Morgan fingerprint density at radius 2 is 2.00 bits per heavy atom. The Labute approximate surface area is 95.5 Å². The average Bonchev–Trinajstić information content (AvgIpc) is 2.30. The third-order valence-electron chi connectivity index (χ3n) is 2.27. The number of nitrogens with two attached hydrogens (primary N) is 1. The van der Waals surface area contributed by atoms with Crippen LogP contribution in [0.4, 0.5) is 0 Å². The van der Waals surface area contributed by atoms with Crippen LogP contribution < -0.4 is 11.1 Å². The molecule has 4 N–H and O–H groups in total. The summed E-state index contributed by atoms with van der Waals surface area (Å²) >= 11 is 0. The monoisotopic (exact) mass is 222 g/mol. The van der Waals surface area contributed by atoms with Crippen molar-refractivity contribution in [2.75, 3.05) is 19.7 Å². The van der Waals surface area contributed by atoms with Gasteiger partial charge in [-0.2, -0.15) is 0 Å². The zero-order valence-corrected chi connectivity index (χ0v) is 9.28. The molecule has 1 amide bonds. The first-order chi connectivity index (χ1) is 7.77. The van der Waals surface area contributed by atoms with Crippen LogP contribution in [0.15, 0.2) is 24.3 Å². The highest BCUT2D eigenvalue weighted by Gasteiger charge is 2.03. The van der Waals surface area contributed by atoms with E-state index in [4.69, 9.17) is 10.8 Å². The number of carbonyl (C=O) groups excluding carboxylic acids is 1. The highest BCUT2D eigenvalue weighted by atomic mass is 16.3. The number of amides is 1. The van der Waals surface area contributed by atoms with E-state index >= 15 is 0 Å². The molecule has 88 valence electrons. The van der Waals surface area contributed by atoms with Crippen molar-refractivity contribution in [2.24, 2.45) is 5.73 Å². The van der Waals surface area contributed by atoms with Crippen molar-refractivity contribution in [3.63, 3.8) is 0 Å². The van der Waals surface area contributed by atoms with E-state index in [1.54, 1.807) is 12.1 Å². The van der Waals surface area contributed by atoms with E-state index in [9.17, 15) is 4.79 Å². The molecule has 0 bridgehead atoms. The van der Waals surface area contributed by atoms with Crippen molar-refractivity contribution in [3.8, 4) is 0 Å². The molecular formula is C12H18N2O2. The van der Waals surface area contributed by atoms with Crippen molar-refractivity contribution < 1.29 is 9.90 Å². The van der Waals surface area contributed by atoms with Crippen molar-refractivity contribution >= 4 is 5.91 Å². The lowest BCUT2D eigenvalue weighted by Gasteiger charge is -2.05. The van der Waals surface area contributed by atoms with E-state index < -0.39 is 0 Å². The molecule has 0 fully saturated rings. The molecule has 0 aromatic heterocycles. The van der Waals surface area contributed by atoms with Gasteiger partial charge in [0.2, 0.25) is 0 Å². The number of carbonyl (C=O) groups is 1. The maximum absolute atomic E-state index is 11.6. The Morgan fingerprint density at radius 3 is 2.56 bits per heavy atom. The number of rotatable bonds is 6. The molecule has 4 heteroatoms. The van der Waals surface area contributed by atoms with Crippen LogP contribution in [0.25, 0.3) is 0 Å². The Morgan fingerprint density at radius 1 is 1.31 bits per heavy atom. The number of aliphatic hydroxyl groups excluding tert-OH is 1. The molecule has 0 aliphatic heterocycles. The minimum absolute atomic E-state index is 0.0930. The highest BCUT2D eigenvalue weighted by molar-refractivity contribution is 5.94. The van der Waals surface area contributed by atoms with Crippen LogP contribution in [-0.4, -0.2) is 30.7 Å². The molecule has 1 rings (SSSR count). The van der Waals surface area contributed by atoms with Gasteiger partial charge >= 0.3 is 0 Å². The normalized spacial score (nSPS) is 10.1. The van der Waals surface area contributed by atoms with Gasteiger partial charge in [-0.1, -0.05) is 12.1 Å². The van der Waals surface area contributed by atoms with Crippen LogP contribution in [0.2, 0.25) is 0 Å². The third-order valence-corrected chi connectivity index (χ3v) is 2.27. The highest BCUT2D eigenvalue weighted by Crippen LogP contribution is 2.04. The molecule has 0 heterocycles. The van der Waals surface area contributed by atoms with Gasteiger partial charge in [-0.15, -0.1) is 0 Å². The molecule has 0 spiro atoms. The van der Waals surface area contributed by atoms with E-state index in [1.807, 2.05) is 12.1 Å². The SMILES string of the molecule is NCCc1ccc(C(=O)NCCCO)cc1. The van der Waals surface area contributed by atoms with E-state index in [-0.39, 0.29) is 12.5 Å². The fourth-order valence-electron chi connectivity index (χ4n) is 1.37. The molecule has 4 nitrogen and oxygen atoms in total. The molecule has 0 radical (unpaired) electrons. The second kappa shape index (κ2) is 6.98. The lowest BCUT2D eigenvalue weighted by Crippen LogP contribution is -2.24. The topological polar surface area (TPSA) is 75.4 Å². The standard InChI is InChI=1S/C12H18N2O2/c13-7-6-10-2-4-11(5-3-10)12(16)14-8-1-9-15/h2-5,15H,1,6-9,13H2,(H,14,16). The molecular weight excluding hydrogens is 204 g/mol. The van der Waals surface area contributed by atoms with Gasteiger partial charge in [0.05, 0.1) is 0 Å². The van der Waals surface area contributed by atoms with Gasteiger partial charge in [0, 0.05) is 18.7 Å². The van der Waals surface area contributed by atoms with Crippen LogP contribution >= 0.6 is 0 Å². The van der Waals surface area contributed by atoms with Gasteiger partial charge in [-0.05, 0) is 37.1 Å². The summed E-state index contributed by atoms with van der Waals surface area (Å²) in [7, 11) is 0. The predicted molar refractivity (Wildman–Crippen MR) is 63.2 cm³/mol. The number of aliphatic hydroxyl groups is 1. The molecule has 0 aliphatic rings. The summed E-state index contributed by atoms with van der Waals surface area (Å²) in [5.74, 6) is -0.104. The first-order valence-corrected chi connectivity index (χ1v) is 5.46. The van der Waals surface area contributed by atoms with Crippen LogP contribution in [-0.2, 0) is 6.42 Å². The van der Waals surface area contributed by atoms with Crippen LogP contribution in [0.5, 0.6) is 0 Å². The summed E-state index contributed by atoms with van der Waals surface area (Å²) in [6.07, 6.45) is 1.41. The van der Waals surface area contributed by atoms with Crippen LogP contribution in [0.3, 0.4) is 0 Å². The summed E-state index contributed by atoms with van der Waals surface area (Å²) in [4.78, 5) is 11.6. The van der Waals surface area contributed by atoms with E-state index in [0.29, 0.717) is 25.1 Å². The van der Waals surface area contributed by atoms with Crippen LogP contribution in [0.1, 0.15) is 22.3 Å². The summed E-state index contributed by atoms with van der Waals surface area (Å²) in [5.41, 5.74) is 7.21. The lowest BCUT2D eigenvalue weighted by molar-refractivity contribution is 0.0951. The van der Waals surface area contributed by atoms with Crippen molar-refractivity contribution in [1.82, 2.24) is 5.32 Å². The van der Waals surface area contributed by atoms with E-state index in [1.165, 1.54) is 0 Å². The van der Waals surface area contributed by atoms with Gasteiger partial charge in [0.1, 0.15) is 0 Å². The zero-order chi connectivity index (χ0) is 11.8. The summed E-state index contributed by atoms with van der Waals surface area (Å²) in [6, 6.07) is 7.40. The number of hydrogen-bond donors (Lipinski definition) is 3. The van der Waals surface area contributed by atoms with Gasteiger partial charge in [0.15, 0.2) is 0 Å². The van der Waals surface area contributed by atoms with E-state index in [2.05, 4.69) is 5.32 Å². The summed E-state index contributed by atoms with van der Waals surface area (Å²) < 4.78 is 0. The summed E-state index contributed by atoms with van der Waals surface area (Å²) in [6.45, 7) is 1.21. The van der Waals surface area contributed by atoms with Gasteiger partial charge in [0.25, 0.3) is 5.91 Å². The van der Waals surface area contributed by atoms with Crippen LogP contribution in [0, 0.1) is 0 Å². The molecule has 0 unspecified atom stereocenters. The second-order valence-corrected chi connectivity index (χ2v) is 3.57. The predicted octanol–water partition coefficient (Wildman–Crippen LogP) is 0.300. The zero-order valence-electron chi connectivity index (χ0n) is 9.28. The van der Waals surface area contributed by atoms with Gasteiger partial charge in [-0.3, -0.25) is 4.79 Å². The van der Waals surface area contributed by atoms with Crippen molar-refractivity contribution in [3.05, 3.63) is 35.4 Å². The Kier molecular flexibility index (Phi) is 5.53. The largest absolute Gasteiger partial charge is 0.396 e. The number of hydrogen-bond acceptors (Lipinski definition) is 3. The fraction of sp³-hybridized carbons (Fsp3) is 0.417. The molecule has 0 atom stereocenters. The van der Waals surface area contributed by atoms with Gasteiger partial charge < -0.3 is 16.2 Å². The molecule has 1 aromatic carbocycles.